The first kappa shape index (κ1) is 24.7. The normalized spacial score (nSPS) is 22.8. The van der Waals surface area contributed by atoms with Crippen LogP contribution < -0.4 is 11.1 Å². The highest BCUT2D eigenvalue weighted by Crippen LogP contribution is 2.49. The molecule has 1 unspecified atom stereocenters. The van der Waals surface area contributed by atoms with E-state index in [1.54, 1.807) is 7.05 Å². The number of tetrazole rings is 1. The first-order valence-electron chi connectivity index (χ1n) is 11.1. The minimum atomic E-state index is -1.49. The van der Waals surface area contributed by atoms with Crippen molar-refractivity contribution in [1.82, 2.24) is 30.4 Å². The molecule has 0 radical (unpaired) electrons. The van der Waals surface area contributed by atoms with Gasteiger partial charge in [0.15, 0.2) is 17.5 Å². The van der Waals surface area contributed by atoms with Gasteiger partial charge in [0.05, 0.1) is 10.9 Å². The molecule has 3 N–H and O–H groups in total. The van der Waals surface area contributed by atoms with Crippen molar-refractivity contribution in [2.45, 2.75) is 22.4 Å². The van der Waals surface area contributed by atoms with Crippen LogP contribution in [-0.4, -0.2) is 65.0 Å². The lowest BCUT2D eigenvalue weighted by Gasteiger charge is -2.56. The van der Waals surface area contributed by atoms with Crippen molar-refractivity contribution in [3.8, 4) is 0 Å². The highest BCUT2D eigenvalue weighted by Gasteiger charge is 2.65. The van der Waals surface area contributed by atoms with Gasteiger partial charge in [0.2, 0.25) is 6.41 Å². The van der Waals surface area contributed by atoms with Crippen molar-refractivity contribution in [2.24, 2.45) is 12.8 Å². The van der Waals surface area contributed by atoms with Gasteiger partial charge in [-0.15, -0.1) is 16.9 Å². The number of ether oxygens (including phenoxy) is 1. The Kier molecular flexibility index (Phi) is 6.58. The Morgan fingerprint density at radius 3 is 2.32 bits per heavy atom. The van der Waals surface area contributed by atoms with E-state index in [2.05, 4.69) is 20.8 Å². The zero-order chi connectivity index (χ0) is 26.2. The van der Waals surface area contributed by atoms with E-state index in [0.29, 0.717) is 6.41 Å². The van der Waals surface area contributed by atoms with Crippen molar-refractivity contribution >= 4 is 53.2 Å². The number of β-lactam (4-membered cyclic amide) rings is 1. The lowest BCUT2D eigenvalue weighted by molar-refractivity contribution is -0.156. The number of benzene rings is 2. The van der Waals surface area contributed by atoms with E-state index in [1.807, 2.05) is 60.7 Å². The number of thioether (sulfide) groups is 1. The van der Waals surface area contributed by atoms with E-state index in [-0.39, 0.29) is 17.1 Å². The third-order valence-electron chi connectivity index (χ3n) is 6.22. The van der Waals surface area contributed by atoms with Gasteiger partial charge >= 0.3 is 5.97 Å². The summed E-state index contributed by atoms with van der Waals surface area (Å²) in [6.45, 7) is 0. The summed E-state index contributed by atoms with van der Waals surface area (Å²) in [4.78, 5) is 40.0. The molecule has 11 nitrogen and oxygen atoms in total. The zero-order valence-electron chi connectivity index (χ0n) is 19.4. The Morgan fingerprint density at radius 2 is 1.81 bits per heavy atom. The van der Waals surface area contributed by atoms with Crippen LogP contribution in [-0.2, 0) is 26.2 Å². The molecule has 2 aliphatic rings. The maximum atomic E-state index is 14.0. The van der Waals surface area contributed by atoms with Gasteiger partial charge < -0.3 is 15.8 Å². The van der Waals surface area contributed by atoms with Crippen LogP contribution in [0, 0.1) is 0 Å². The summed E-state index contributed by atoms with van der Waals surface area (Å²) < 4.78 is 7.44. The molecule has 188 valence electrons. The van der Waals surface area contributed by atoms with E-state index < -0.39 is 34.3 Å². The number of aryl methyl sites for hydroxylation is 1. The second-order valence-electron chi connectivity index (χ2n) is 8.33. The molecule has 3 aromatic rings. The second-order valence-corrected chi connectivity index (χ2v) is 9.79. The maximum Gasteiger partial charge on any atom is 0.356 e. The number of esters is 1. The van der Waals surface area contributed by atoms with Gasteiger partial charge in [0, 0.05) is 12.4 Å². The summed E-state index contributed by atoms with van der Waals surface area (Å²) in [5.41, 5.74) is 6.62. The molecule has 0 bridgehead atoms. The van der Waals surface area contributed by atoms with E-state index >= 15 is 0 Å². The number of carbonyl (C=O) groups excluding carboxylic acids is 3. The molecule has 1 aromatic heterocycles. The topological polar surface area (TPSA) is 145 Å². The number of thiocarbonyl (C=S) groups is 1. The molecule has 5 rings (SSSR count). The maximum absolute atomic E-state index is 14.0. The fourth-order valence-corrected chi connectivity index (χ4v) is 6.22. The van der Waals surface area contributed by atoms with Gasteiger partial charge in [-0.3, -0.25) is 14.5 Å². The number of hydrogen-bond donors (Lipinski definition) is 2. The molecule has 0 aliphatic carbocycles. The molecule has 2 amide bonds. The second kappa shape index (κ2) is 9.84. The molecule has 13 heteroatoms. The fourth-order valence-electron chi connectivity index (χ4n) is 4.43. The van der Waals surface area contributed by atoms with Crippen molar-refractivity contribution in [1.29, 1.82) is 0 Å². The van der Waals surface area contributed by atoms with E-state index in [1.165, 1.54) is 14.9 Å². The molecule has 37 heavy (non-hydrogen) atoms. The quantitative estimate of drug-likeness (QED) is 0.185. The van der Waals surface area contributed by atoms with Gasteiger partial charge in [-0.05, 0) is 21.6 Å². The zero-order valence-corrected chi connectivity index (χ0v) is 21.1. The molecular formula is C24H21N7O4S2. The van der Waals surface area contributed by atoms with Gasteiger partial charge in [0.25, 0.3) is 5.91 Å². The van der Waals surface area contributed by atoms with Gasteiger partial charge in [-0.2, -0.15) is 0 Å². The van der Waals surface area contributed by atoms with Crippen molar-refractivity contribution in [3.63, 3.8) is 0 Å². The van der Waals surface area contributed by atoms with E-state index in [4.69, 9.17) is 22.7 Å². The average Bonchev–Trinajstić information content (AvgIpc) is 3.35. The third-order valence-corrected chi connectivity index (χ3v) is 7.96. The summed E-state index contributed by atoms with van der Waals surface area (Å²) in [5.74, 6) is -1.18. The Bertz CT molecular complexity index is 1360. The predicted molar refractivity (Wildman–Crippen MR) is 138 cm³/mol. The van der Waals surface area contributed by atoms with Crippen molar-refractivity contribution < 1.29 is 19.1 Å². The summed E-state index contributed by atoms with van der Waals surface area (Å²) in [5, 5.41) is 13.6. The summed E-state index contributed by atoms with van der Waals surface area (Å²) in [7, 11) is 1.60. The van der Waals surface area contributed by atoms with Crippen LogP contribution in [0.2, 0.25) is 0 Å². The van der Waals surface area contributed by atoms with Gasteiger partial charge in [-0.25, -0.2) is 9.48 Å². The fraction of sp³-hybridized carbons (Fsp3) is 0.208. The molecular weight excluding hydrogens is 514 g/mol. The molecule has 3 atom stereocenters. The summed E-state index contributed by atoms with van der Waals surface area (Å²) in [6.07, 6.45) is -0.375. The summed E-state index contributed by atoms with van der Waals surface area (Å²) in [6, 6.07) is 18.5. The number of nitrogens with zero attached hydrogens (tertiary/aromatic N) is 5. The summed E-state index contributed by atoms with van der Waals surface area (Å²) >= 11 is 6.25. The molecule has 2 aromatic carbocycles. The largest absolute Gasteiger partial charge is 0.448 e. The molecule has 1 saturated heterocycles. The Labute approximate surface area is 221 Å². The minimum Gasteiger partial charge on any atom is -0.448 e. The number of hydrogen-bond acceptors (Lipinski definition) is 10. The third kappa shape index (κ3) is 4.00. The van der Waals surface area contributed by atoms with Gasteiger partial charge in [-0.1, -0.05) is 72.9 Å². The highest BCUT2D eigenvalue weighted by atomic mass is 32.2. The van der Waals surface area contributed by atoms with Crippen LogP contribution in [0.4, 0.5) is 0 Å². The number of nitrogens with one attached hydrogen (secondary N) is 1. The molecule has 0 saturated carbocycles. The first-order chi connectivity index (χ1) is 17.9. The number of rotatable bonds is 8. The van der Waals surface area contributed by atoms with Crippen LogP contribution in [0.3, 0.4) is 0 Å². The standard InChI is InChI=1S/C24H21N7O4S2/c1-30-20(27-28-29-30)16-17(31-22(34)24(12-36,26-13-32)23(31)37-19(16)25)21(33)35-18(14-8-4-2-5-9-14)15-10-6-3-7-11-15/h2-13,18-19,23H,25H2,1H3,(H,26,32)/t19?,23-,24-/m0/s1. The molecule has 0 spiro atoms. The predicted octanol–water partition coefficient (Wildman–Crippen LogP) is 0.938. The number of fused-ring (bicyclic) bond motifs is 1. The Morgan fingerprint density at radius 1 is 1.19 bits per heavy atom. The smallest absolute Gasteiger partial charge is 0.356 e. The van der Waals surface area contributed by atoms with Crippen molar-refractivity contribution in [2.75, 3.05) is 0 Å². The van der Waals surface area contributed by atoms with Crippen molar-refractivity contribution in [3.05, 3.63) is 83.3 Å². The molecule has 3 heterocycles. The lowest BCUT2D eigenvalue weighted by Crippen LogP contribution is -2.80. The highest BCUT2D eigenvalue weighted by molar-refractivity contribution is 8.01. The number of nitrogens with two attached hydrogens (primary N) is 1. The minimum absolute atomic E-state index is 0.101. The van der Waals surface area contributed by atoms with Crippen LogP contribution in [0.25, 0.3) is 5.57 Å². The number of carbonyl (C=O) groups is 3. The average molecular weight is 536 g/mol. The number of aromatic nitrogens is 4. The first-order valence-corrected chi connectivity index (χ1v) is 12.5. The monoisotopic (exact) mass is 535 g/mol. The Hall–Kier alpha value is -3.94. The SMILES string of the molecule is Cn1nnnc1C1=C(C(=O)OC(c2ccccc2)c2ccccc2)N2C(=O)[C@](C=S)(NC=O)[C@@H]2SC1N. The van der Waals surface area contributed by atoms with E-state index in [9.17, 15) is 14.4 Å². The molecule has 1 fully saturated rings. The van der Waals surface area contributed by atoms with E-state index in [0.717, 1.165) is 22.9 Å². The van der Waals surface area contributed by atoms with Crippen LogP contribution in [0.5, 0.6) is 0 Å². The molecule has 2 aliphatic heterocycles. The van der Waals surface area contributed by atoms with Crippen LogP contribution in [0.1, 0.15) is 23.1 Å². The van der Waals surface area contributed by atoms with Crippen LogP contribution >= 0.6 is 24.0 Å². The van der Waals surface area contributed by atoms with Gasteiger partial charge in [0.1, 0.15) is 11.1 Å². The Balaban J connectivity index is 1.62. The van der Waals surface area contributed by atoms with Crippen LogP contribution in [0.15, 0.2) is 66.4 Å². The lowest BCUT2D eigenvalue weighted by atomic mass is 9.88. The number of amides is 2.